The standard InChI is InChI=1S/C32H31F7N4O3/c1-20(22-7-4-3-5-8-22)17-43-29(44)28(41-15-13-40(14-16-41)18-23-11-12-27(46-23)32(37,38)39)21(2)42(30(43)45)19-24-25(31(34,35)36)9-6-10-26(24)33/h3-12,20H,13-19H2,1-2H3/t20-/m0/s1. The monoisotopic (exact) mass is 652 g/mol. The lowest BCUT2D eigenvalue weighted by Crippen LogP contribution is -2.51. The Morgan fingerprint density at radius 1 is 0.804 bits per heavy atom. The van der Waals surface area contributed by atoms with Crippen LogP contribution in [0.15, 0.2) is 74.7 Å². The third kappa shape index (κ3) is 6.91. The Kier molecular flexibility index (Phi) is 9.21. The van der Waals surface area contributed by atoms with Gasteiger partial charge in [0.1, 0.15) is 17.3 Å². The van der Waals surface area contributed by atoms with Gasteiger partial charge in [-0.3, -0.25) is 18.8 Å². The van der Waals surface area contributed by atoms with E-state index in [4.69, 9.17) is 4.42 Å². The van der Waals surface area contributed by atoms with Gasteiger partial charge in [0.2, 0.25) is 5.76 Å². The van der Waals surface area contributed by atoms with Crippen molar-refractivity contribution in [3.8, 4) is 0 Å². The maximum Gasteiger partial charge on any atom is 0.449 e. The third-order valence-corrected chi connectivity index (χ3v) is 8.23. The largest absolute Gasteiger partial charge is 0.455 e. The number of alkyl halides is 6. The molecule has 0 unspecified atom stereocenters. The molecule has 0 amide bonds. The summed E-state index contributed by atoms with van der Waals surface area (Å²) in [5, 5.41) is 0. The predicted molar refractivity (Wildman–Crippen MR) is 156 cm³/mol. The first-order chi connectivity index (χ1) is 21.6. The highest BCUT2D eigenvalue weighted by molar-refractivity contribution is 5.50. The lowest BCUT2D eigenvalue weighted by molar-refractivity contribution is -0.153. The molecule has 0 saturated carbocycles. The minimum atomic E-state index is -4.89. The lowest BCUT2D eigenvalue weighted by atomic mass is 10.0. The van der Waals surface area contributed by atoms with Crippen molar-refractivity contribution in [2.75, 3.05) is 31.1 Å². The quantitative estimate of drug-likeness (QED) is 0.210. The molecule has 0 aliphatic carbocycles. The molecule has 1 aliphatic rings. The van der Waals surface area contributed by atoms with Crippen molar-refractivity contribution in [2.45, 2.75) is 51.8 Å². The van der Waals surface area contributed by atoms with E-state index in [-0.39, 0.29) is 49.2 Å². The molecule has 0 spiro atoms. The number of halogens is 7. The summed E-state index contributed by atoms with van der Waals surface area (Å²) in [4.78, 5) is 31.3. The van der Waals surface area contributed by atoms with Crippen LogP contribution in [-0.4, -0.2) is 40.2 Å². The first-order valence-electron chi connectivity index (χ1n) is 14.5. The maximum absolute atomic E-state index is 14.9. The third-order valence-electron chi connectivity index (χ3n) is 8.23. The summed E-state index contributed by atoms with van der Waals surface area (Å²) in [5.41, 5.74) is -2.48. The summed E-state index contributed by atoms with van der Waals surface area (Å²) in [5.74, 6) is -2.46. The van der Waals surface area contributed by atoms with Crippen LogP contribution in [0.25, 0.3) is 0 Å². The van der Waals surface area contributed by atoms with E-state index in [1.165, 1.54) is 13.0 Å². The van der Waals surface area contributed by atoms with Crippen molar-refractivity contribution < 1.29 is 35.2 Å². The number of hydrogen-bond acceptors (Lipinski definition) is 5. The second kappa shape index (κ2) is 12.8. The van der Waals surface area contributed by atoms with Crippen molar-refractivity contribution in [3.05, 3.63) is 121 Å². The summed E-state index contributed by atoms with van der Waals surface area (Å²) in [7, 11) is 0. The van der Waals surface area contributed by atoms with E-state index in [1.54, 1.807) is 24.0 Å². The van der Waals surface area contributed by atoms with Gasteiger partial charge in [-0.1, -0.05) is 43.3 Å². The number of furan rings is 1. The van der Waals surface area contributed by atoms with Crippen LogP contribution in [0, 0.1) is 12.7 Å². The number of hydrogen-bond donors (Lipinski definition) is 0. The van der Waals surface area contributed by atoms with E-state index in [2.05, 4.69) is 0 Å². The van der Waals surface area contributed by atoms with Crippen molar-refractivity contribution in [3.63, 3.8) is 0 Å². The molecule has 1 saturated heterocycles. The molecule has 246 valence electrons. The average Bonchev–Trinajstić information content (AvgIpc) is 3.48. The van der Waals surface area contributed by atoms with Crippen LogP contribution in [0.2, 0.25) is 0 Å². The molecule has 0 N–H and O–H groups in total. The SMILES string of the molecule is Cc1c(N2CCN(Cc3ccc(C(F)(F)F)o3)CC2)c(=O)n(C[C@H](C)c2ccccc2)c(=O)n1Cc1c(F)cccc1C(F)(F)F. The van der Waals surface area contributed by atoms with E-state index >= 15 is 0 Å². The molecule has 0 radical (unpaired) electrons. The molecule has 4 aromatic rings. The normalized spacial score (nSPS) is 15.4. The summed E-state index contributed by atoms with van der Waals surface area (Å²) >= 11 is 0. The van der Waals surface area contributed by atoms with E-state index in [1.807, 2.05) is 23.1 Å². The fourth-order valence-corrected chi connectivity index (χ4v) is 5.77. The summed E-state index contributed by atoms with van der Waals surface area (Å²) < 4.78 is 102. The number of anilines is 1. The number of rotatable bonds is 8. The van der Waals surface area contributed by atoms with E-state index in [0.29, 0.717) is 13.1 Å². The summed E-state index contributed by atoms with van der Waals surface area (Å²) in [6, 6.07) is 13.7. The number of piperazine rings is 1. The second-order valence-electron chi connectivity index (χ2n) is 11.3. The Labute approximate surface area is 259 Å². The van der Waals surface area contributed by atoms with Crippen LogP contribution in [0.3, 0.4) is 0 Å². The molecule has 1 atom stereocenters. The van der Waals surface area contributed by atoms with Gasteiger partial charge in [0.25, 0.3) is 5.56 Å². The molecular formula is C32H31F7N4O3. The molecule has 46 heavy (non-hydrogen) atoms. The fraction of sp³-hybridized carbons (Fsp3) is 0.375. The van der Waals surface area contributed by atoms with Crippen LogP contribution in [0.1, 0.15) is 46.7 Å². The highest BCUT2D eigenvalue weighted by Crippen LogP contribution is 2.34. The Balaban J connectivity index is 1.50. The van der Waals surface area contributed by atoms with Crippen molar-refractivity contribution in [2.24, 2.45) is 0 Å². The van der Waals surface area contributed by atoms with Gasteiger partial charge in [0, 0.05) is 44.0 Å². The van der Waals surface area contributed by atoms with Gasteiger partial charge < -0.3 is 9.32 Å². The smallest absolute Gasteiger partial charge is 0.449 e. The molecule has 0 bridgehead atoms. The zero-order chi connectivity index (χ0) is 33.4. The Bertz CT molecular complexity index is 1800. The number of nitrogens with zero attached hydrogens (tertiary/aromatic N) is 4. The highest BCUT2D eigenvalue weighted by atomic mass is 19.4. The van der Waals surface area contributed by atoms with Gasteiger partial charge in [0.05, 0.1) is 18.7 Å². The average molecular weight is 653 g/mol. The predicted octanol–water partition coefficient (Wildman–Crippen LogP) is 6.26. The molecule has 2 aromatic heterocycles. The first-order valence-corrected chi connectivity index (χ1v) is 14.5. The first kappa shape index (κ1) is 33.0. The summed E-state index contributed by atoms with van der Waals surface area (Å²) in [6.45, 7) is 3.56. The van der Waals surface area contributed by atoms with E-state index < -0.39 is 52.9 Å². The second-order valence-corrected chi connectivity index (χ2v) is 11.3. The van der Waals surface area contributed by atoms with Crippen LogP contribution in [0.5, 0.6) is 0 Å². The number of benzene rings is 2. The van der Waals surface area contributed by atoms with Crippen LogP contribution in [0.4, 0.5) is 36.4 Å². The van der Waals surface area contributed by atoms with Crippen LogP contribution in [-0.2, 0) is 32.0 Å². The Hall–Kier alpha value is -4.33. The van der Waals surface area contributed by atoms with Crippen molar-refractivity contribution in [1.82, 2.24) is 14.0 Å². The van der Waals surface area contributed by atoms with E-state index in [0.717, 1.165) is 39.0 Å². The highest BCUT2D eigenvalue weighted by Gasteiger charge is 2.36. The molecule has 1 aliphatic heterocycles. The van der Waals surface area contributed by atoms with Gasteiger partial charge in [-0.15, -0.1) is 0 Å². The van der Waals surface area contributed by atoms with E-state index in [9.17, 15) is 40.3 Å². The molecule has 7 nitrogen and oxygen atoms in total. The Morgan fingerprint density at radius 2 is 1.48 bits per heavy atom. The molecule has 5 rings (SSSR count). The van der Waals surface area contributed by atoms with Gasteiger partial charge in [-0.25, -0.2) is 9.18 Å². The molecule has 3 heterocycles. The van der Waals surface area contributed by atoms with Gasteiger partial charge in [-0.05, 0) is 42.7 Å². The van der Waals surface area contributed by atoms with Gasteiger partial charge in [-0.2, -0.15) is 26.3 Å². The Morgan fingerprint density at radius 3 is 2.09 bits per heavy atom. The summed E-state index contributed by atoms with van der Waals surface area (Å²) in [6.07, 6.45) is -9.50. The minimum Gasteiger partial charge on any atom is -0.455 e. The fourth-order valence-electron chi connectivity index (χ4n) is 5.77. The minimum absolute atomic E-state index is 0.0734. The van der Waals surface area contributed by atoms with Crippen molar-refractivity contribution >= 4 is 5.69 Å². The molecule has 2 aromatic carbocycles. The molecular weight excluding hydrogens is 621 g/mol. The van der Waals surface area contributed by atoms with Gasteiger partial charge >= 0.3 is 18.0 Å². The maximum atomic E-state index is 14.9. The van der Waals surface area contributed by atoms with Crippen LogP contribution < -0.4 is 16.1 Å². The van der Waals surface area contributed by atoms with Crippen LogP contribution >= 0.6 is 0 Å². The molecule has 1 fully saturated rings. The van der Waals surface area contributed by atoms with Crippen molar-refractivity contribution in [1.29, 1.82) is 0 Å². The zero-order valence-corrected chi connectivity index (χ0v) is 25.0. The molecule has 14 heteroatoms. The number of aromatic nitrogens is 2. The lowest BCUT2D eigenvalue weighted by Gasteiger charge is -2.36. The van der Waals surface area contributed by atoms with Gasteiger partial charge in [0.15, 0.2) is 0 Å². The zero-order valence-electron chi connectivity index (χ0n) is 25.0. The topological polar surface area (TPSA) is 63.6 Å².